The van der Waals surface area contributed by atoms with Crippen LogP contribution >= 0.6 is 38.9 Å². The summed E-state index contributed by atoms with van der Waals surface area (Å²) in [4.78, 5) is 0.994. The molecule has 0 spiro atoms. The van der Waals surface area contributed by atoms with E-state index >= 15 is 0 Å². The van der Waals surface area contributed by atoms with E-state index < -0.39 is 15.8 Å². The van der Waals surface area contributed by atoms with E-state index in [2.05, 4.69) is 26.0 Å². The minimum absolute atomic E-state index is 0.0899. The van der Waals surface area contributed by atoms with Crippen LogP contribution in [0.3, 0.4) is 0 Å². The molecule has 0 aliphatic carbocycles. The second-order valence-corrected chi connectivity index (χ2v) is 8.60. The average molecular weight is 414 g/mol. The summed E-state index contributed by atoms with van der Waals surface area (Å²) < 4.78 is 39.5. The summed E-state index contributed by atoms with van der Waals surface area (Å²) in [5.41, 5.74) is 0.510. The van der Waals surface area contributed by atoms with Gasteiger partial charge in [0.25, 0.3) is 0 Å². The highest BCUT2D eigenvalue weighted by molar-refractivity contribution is 9.10. The number of hydrogen-bond donors (Lipinski definition) is 2. The van der Waals surface area contributed by atoms with Gasteiger partial charge in [0.2, 0.25) is 10.0 Å². The molecule has 0 fully saturated rings. The van der Waals surface area contributed by atoms with Crippen LogP contribution in [0.25, 0.3) is 0 Å². The zero-order valence-electron chi connectivity index (χ0n) is 10.8. The van der Waals surface area contributed by atoms with Crippen LogP contribution in [0.5, 0.6) is 0 Å². The van der Waals surface area contributed by atoms with E-state index in [4.69, 9.17) is 11.6 Å². The monoisotopic (exact) mass is 412 g/mol. The lowest BCUT2D eigenvalue weighted by Gasteiger charge is -2.09. The van der Waals surface area contributed by atoms with Crippen molar-refractivity contribution in [1.29, 1.82) is 0 Å². The van der Waals surface area contributed by atoms with Gasteiger partial charge in [-0.3, -0.25) is 4.72 Å². The van der Waals surface area contributed by atoms with Crippen molar-refractivity contribution in [3.63, 3.8) is 0 Å². The van der Waals surface area contributed by atoms with Crippen molar-refractivity contribution in [2.75, 3.05) is 16.3 Å². The van der Waals surface area contributed by atoms with E-state index in [0.717, 1.165) is 15.6 Å². The highest BCUT2D eigenvalue weighted by atomic mass is 79.9. The molecule has 0 saturated heterocycles. The van der Waals surface area contributed by atoms with Crippen LogP contribution in [-0.4, -0.2) is 14.7 Å². The molecule has 21 heavy (non-hydrogen) atoms. The topological polar surface area (TPSA) is 58.2 Å². The summed E-state index contributed by atoms with van der Waals surface area (Å²) in [5, 5.41) is 3.08. The molecule has 0 radical (unpaired) electrons. The summed E-state index contributed by atoms with van der Waals surface area (Å²) in [6, 6.07) is 6.03. The van der Waals surface area contributed by atoms with Crippen molar-refractivity contribution < 1.29 is 12.8 Å². The van der Waals surface area contributed by atoms with Gasteiger partial charge in [-0.2, -0.15) is 0 Å². The minimum atomic E-state index is -3.53. The molecule has 0 aliphatic rings. The normalized spacial score (nSPS) is 11.4. The zero-order valence-corrected chi connectivity index (χ0v) is 14.8. The van der Waals surface area contributed by atoms with Gasteiger partial charge in [0.05, 0.1) is 11.9 Å². The summed E-state index contributed by atoms with van der Waals surface area (Å²) in [6.45, 7) is 0.500. The predicted octanol–water partition coefficient (Wildman–Crippen LogP) is 4.29. The highest BCUT2D eigenvalue weighted by Crippen LogP contribution is 2.32. The van der Waals surface area contributed by atoms with Crippen molar-refractivity contribution >= 4 is 60.3 Å². The van der Waals surface area contributed by atoms with E-state index in [9.17, 15) is 12.8 Å². The van der Waals surface area contributed by atoms with Crippen LogP contribution < -0.4 is 10.0 Å². The number of benzene rings is 1. The number of thiophene rings is 1. The molecule has 1 aromatic carbocycles. The number of nitrogens with one attached hydrogen (secondary N) is 2. The van der Waals surface area contributed by atoms with Gasteiger partial charge in [0.1, 0.15) is 10.2 Å². The molecule has 0 atom stereocenters. The third kappa shape index (κ3) is 4.84. The number of rotatable bonds is 5. The van der Waals surface area contributed by atoms with Gasteiger partial charge in [-0.05, 0) is 40.2 Å². The molecule has 0 aliphatic heterocycles. The summed E-state index contributed by atoms with van der Waals surface area (Å²) >= 11 is 10.7. The first kappa shape index (κ1) is 16.5. The Morgan fingerprint density at radius 3 is 2.67 bits per heavy atom. The van der Waals surface area contributed by atoms with Crippen LogP contribution in [-0.2, 0) is 16.6 Å². The molecular formula is C12H11BrClFN2O2S2. The fourth-order valence-electron chi connectivity index (χ4n) is 1.58. The number of hydrogen-bond acceptors (Lipinski definition) is 4. The van der Waals surface area contributed by atoms with E-state index in [-0.39, 0.29) is 5.69 Å². The van der Waals surface area contributed by atoms with Crippen molar-refractivity contribution in [2.24, 2.45) is 0 Å². The Morgan fingerprint density at radius 1 is 1.38 bits per heavy atom. The van der Waals surface area contributed by atoms with Gasteiger partial charge in [-0.25, -0.2) is 12.8 Å². The molecule has 1 aromatic heterocycles. The standard InChI is InChI=1S/C12H11BrClFN2O2S2/c1-21(18,19)17-11-4-7(2-3-10(11)15)16-6-8-5-9(13)12(14)20-8/h2-5,16-17H,6H2,1H3. The largest absolute Gasteiger partial charge is 0.380 e. The lowest BCUT2D eigenvalue weighted by Crippen LogP contribution is -2.11. The Hall–Kier alpha value is -0.830. The maximum atomic E-state index is 13.5. The van der Waals surface area contributed by atoms with Crippen LogP contribution in [0, 0.1) is 5.82 Å². The first-order valence-corrected chi connectivity index (χ1v) is 9.57. The lowest BCUT2D eigenvalue weighted by molar-refractivity contribution is 0.604. The average Bonchev–Trinajstić information content (AvgIpc) is 2.68. The zero-order chi connectivity index (χ0) is 15.6. The smallest absolute Gasteiger partial charge is 0.229 e. The third-order valence-electron chi connectivity index (χ3n) is 2.42. The fraction of sp³-hybridized carbons (Fsp3) is 0.167. The van der Waals surface area contributed by atoms with Gasteiger partial charge in [0.15, 0.2) is 0 Å². The van der Waals surface area contributed by atoms with Gasteiger partial charge in [-0.15, -0.1) is 11.3 Å². The van der Waals surface area contributed by atoms with Crippen LogP contribution in [0.1, 0.15) is 4.88 Å². The maximum Gasteiger partial charge on any atom is 0.229 e. The molecule has 0 unspecified atom stereocenters. The molecule has 1 heterocycles. The van der Waals surface area contributed by atoms with Gasteiger partial charge in [0, 0.05) is 21.6 Å². The summed E-state index contributed by atoms with van der Waals surface area (Å²) in [7, 11) is -3.53. The second kappa shape index (κ2) is 6.51. The van der Waals surface area contributed by atoms with Crippen LogP contribution in [0.15, 0.2) is 28.7 Å². The van der Waals surface area contributed by atoms with E-state index in [1.165, 1.54) is 29.5 Å². The molecule has 2 rings (SSSR count). The Bertz CT molecular complexity index is 745. The molecule has 0 amide bonds. The molecule has 2 aromatic rings. The van der Waals surface area contributed by atoms with Gasteiger partial charge in [-0.1, -0.05) is 11.6 Å². The third-order valence-corrected chi connectivity index (χ3v) is 5.49. The second-order valence-electron chi connectivity index (χ2n) is 4.26. The summed E-state index contributed by atoms with van der Waals surface area (Å²) in [5.74, 6) is -0.632. The Kier molecular flexibility index (Phi) is 5.13. The maximum absolute atomic E-state index is 13.5. The SMILES string of the molecule is CS(=O)(=O)Nc1cc(NCc2cc(Br)c(Cl)s2)ccc1F. The predicted molar refractivity (Wildman–Crippen MR) is 89.2 cm³/mol. The van der Waals surface area contributed by atoms with Crippen LogP contribution in [0.2, 0.25) is 4.34 Å². The van der Waals surface area contributed by atoms with E-state index in [1.807, 2.05) is 6.07 Å². The van der Waals surface area contributed by atoms with Gasteiger partial charge >= 0.3 is 0 Å². The highest BCUT2D eigenvalue weighted by Gasteiger charge is 2.09. The molecule has 2 N–H and O–H groups in total. The summed E-state index contributed by atoms with van der Waals surface area (Å²) in [6.07, 6.45) is 0.970. The Balaban J connectivity index is 2.12. The fourth-order valence-corrected chi connectivity index (χ4v) is 3.87. The number of sulfonamides is 1. The molecule has 0 bridgehead atoms. The Labute approximate surface area is 139 Å². The van der Waals surface area contributed by atoms with Gasteiger partial charge < -0.3 is 5.32 Å². The quantitative estimate of drug-likeness (QED) is 0.769. The van der Waals surface area contributed by atoms with Crippen molar-refractivity contribution in [3.05, 3.63) is 43.8 Å². The Morgan fingerprint density at radius 2 is 2.10 bits per heavy atom. The molecule has 9 heteroatoms. The molecular weight excluding hydrogens is 403 g/mol. The minimum Gasteiger partial charge on any atom is -0.380 e. The lowest BCUT2D eigenvalue weighted by atomic mass is 10.2. The molecule has 114 valence electrons. The number of anilines is 2. The van der Waals surface area contributed by atoms with Crippen molar-refractivity contribution in [3.8, 4) is 0 Å². The first-order chi connectivity index (χ1) is 9.74. The number of halogens is 3. The molecule has 4 nitrogen and oxygen atoms in total. The van der Waals surface area contributed by atoms with E-state index in [0.29, 0.717) is 16.6 Å². The van der Waals surface area contributed by atoms with Crippen molar-refractivity contribution in [1.82, 2.24) is 0 Å². The molecule has 0 saturated carbocycles. The van der Waals surface area contributed by atoms with Crippen LogP contribution in [0.4, 0.5) is 15.8 Å². The first-order valence-electron chi connectivity index (χ1n) is 5.69. The van der Waals surface area contributed by atoms with E-state index in [1.54, 1.807) is 0 Å². The van der Waals surface area contributed by atoms with Crippen molar-refractivity contribution in [2.45, 2.75) is 6.54 Å².